The third kappa shape index (κ3) is 4.08. The van der Waals surface area contributed by atoms with Crippen molar-refractivity contribution in [2.75, 3.05) is 26.2 Å². The highest BCUT2D eigenvalue weighted by Gasteiger charge is 2.23. The van der Waals surface area contributed by atoms with Gasteiger partial charge in [0.25, 0.3) is 11.6 Å². The van der Waals surface area contributed by atoms with Crippen LogP contribution in [-0.2, 0) is 6.54 Å². The zero-order chi connectivity index (χ0) is 18.7. The van der Waals surface area contributed by atoms with Crippen LogP contribution in [0, 0.1) is 24.0 Å². The molecule has 1 amide bonds. The number of rotatable bonds is 4. The van der Waals surface area contributed by atoms with Crippen LogP contribution in [0.3, 0.4) is 0 Å². The van der Waals surface area contributed by atoms with E-state index in [4.69, 9.17) is 0 Å². The van der Waals surface area contributed by atoms with Gasteiger partial charge in [-0.05, 0) is 31.0 Å². The number of aryl methyl sites for hydroxylation is 2. The van der Waals surface area contributed by atoms with Gasteiger partial charge >= 0.3 is 0 Å². The zero-order valence-electron chi connectivity index (χ0n) is 15.1. The molecule has 1 saturated heterocycles. The van der Waals surface area contributed by atoms with Crippen molar-refractivity contribution in [3.05, 3.63) is 74.8 Å². The Bertz CT molecular complexity index is 827. The van der Waals surface area contributed by atoms with Crippen molar-refractivity contribution < 1.29 is 9.72 Å². The highest BCUT2D eigenvalue weighted by Crippen LogP contribution is 2.18. The molecule has 136 valence electrons. The first-order valence-corrected chi connectivity index (χ1v) is 8.76. The first kappa shape index (κ1) is 18.1. The molecule has 0 atom stereocenters. The number of nitrogens with zero attached hydrogens (tertiary/aromatic N) is 3. The van der Waals surface area contributed by atoms with Gasteiger partial charge in [-0.3, -0.25) is 19.8 Å². The molecule has 0 aromatic heterocycles. The third-order valence-corrected chi connectivity index (χ3v) is 4.80. The summed E-state index contributed by atoms with van der Waals surface area (Å²) >= 11 is 0. The molecule has 1 aliphatic heterocycles. The molecule has 0 N–H and O–H groups in total. The number of nitro groups is 1. The molecule has 2 aromatic carbocycles. The molecule has 2 aromatic rings. The molecule has 0 radical (unpaired) electrons. The molecular formula is C20H23N3O3. The minimum atomic E-state index is -0.371. The highest BCUT2D eigenvalue weighted by molar-refractivity contribution is 5.95. The van der Waals surface area contributed by atoms with Gasteiger partial charge in [0.1, 0.15) is 0 Å². The summed E-state index contributed by atoms with van der Waals surface area (Å²) in [6, 6.07) is 12.7. The van der Waals surface area contributed by atoms with Crippen LogP contribution in [0.5, 0.6) is 0 Å². The van der Waals surface area contributed by atoms with Crippen molar-refractivity contribution in [3.8, 4) is 0 Å². The number of nitro benzene ring substituents is 1. The summed E-state index contributed by atoms with van der Waals surface area (Å²) in [6.45, 7) is 7.51. The minimum absolute atomic E-state index is 0.0810. The van der Waals surface area contributed by atoms with E-state index in [0.717, 1.165) is 35.3 Å². The lowest BCUT2D eigenvalue weighted by molar-refractivity contribution is -0.384. The fraction of sp³-hybridized carbons (Fsp3) is 0.350. The number of piperazine rings is 1. The summed E-state index contributed by atoms with van der Waals surface area (Å²) < 4.78 is 0. The molecule has 0 spiro atoms. The molecule has 1 aliphatic rings. The van der Waals surface area contributed by atoms with Gasteiger partial charge < -0.3 is 4.90 Å². The van der Waals surface area contributed by atoms with Crippen LogP contribution in [0.1, 0.15) is 27.0 Å². The standard InChI is InChI=1S/C20H23N3O3/c1-15-6-7-19(16(2)12-15)20(24)22-10-8-21(9-11-22)14-17-4-3-5-18(13-17)23(25)26/h3-7,12-13H,8-11,14H2,1-2H3. The van der Waals surface area contributed by atoms with E-state index in [0.29, 0.717) is 19.6 Å². The van der Waals surface area contributed by atoms with Crippen LogP contribution < -0.4 is 0 Å². The summed E-state index contributed by atoms with van der Waals surface area (Å²) in [4.78, 5) is 27.4. The normalized spacial score (nSPS) is 15.1. The summed E-state index contributed by atoms with van der Waals surface area (Å²) in [7, 11) is 0. The maximum atomic E-state index is 12.7. The van der Waals surface area contributed by atoms with Crippen molar-refractivity contribution in [2.24, 2.45) is 0 Å². The van der Waals surface area contributed by atoms with Crippen LogP contribution in [0.15, 0.2) is 42.5 Å². The maximum absolute atomic E-state index is 12.7. The molecule has 0 aliphatic carbocycles. The van der Waals surface area contributed by atoms with Gasteiger partial charge in [-0.1, -0.05) is 29.8 Å². The molecule has 0 bridgehead atoms. The smallest absolute Gasteiger partial charge is 0.269 e. The van der Waals surface area contributed by atoms with Crippen LogP contribution >= 0.6 is 0 Å². The Balaban J connectivity index is 1.59. The lowest BCUT2D eigenvalue weighted by Gasteiger charge is -2.35. The number of benzene rings is 2. The van der Waals surface area contributed by atoms with Crippen LogP contribution in [0.2, 0.25) is 0 Å². The first-order valence-electron chi connectivity index (χ1n) is 8.76. The van der Waals surface area contributed by atoms with E-state index in [-0.39, 0.29) is 16.5 Å². The lowest BCUT2D eigenvalue weighted by Crippen LogP contribution is -2.48. The van der Waals surface area contributed by atoms with Gasteiger partial charge in [-0.25, -0.2) is 0 Å². The Hall–Kier alpha value is -2.73. The van der Waals surface area contributed by atoms with Gasteiger partial charge in [0.05, 0.1) is 4.92 Å². The second-order valence-corrected chi connectivity index (χ2v) is 6.81. The Morgan fingerprint density at radius 2 is 1.81 bits per heavy atom. The largest absolute Gasteiger partial charge is 0.336 e. The van der Waals surface area contributed by atoms with Crippen molar-refractivity contribution in [2.45, 2.75) is 20.4 Å². The predicted molar refractivity (Wildman–Crippen MR) is 100 cm³/mol. The van der Waals surface area contributed by atoms with Crippen molar-refractivity contribution in [1.29, 1.82) is 0 Å². The molecule has 0 unspecified atom stereocenters. The average molecular weight is 353 g/mol. The van der Waals surface area contributed by atoms with Crippen LogP contribution in [0.4, 0.5) is 5.69 Å². The Morgan fingerprint density at radius 3 is 2.46 bits per heavy atom. The Morgan fingerprint density at radius 1 is 1.08 bits per heavy atom. The molecule has 26 heavy (non-hydrogen) atoms. The molecule has 3 rings (SSSR count). The summed E-state index contributed by atoms with van der Waals surface area (Å²) in [5.41, 5.74) is 3.97. The van der Waals surface area contributed by atoms with E-state index in [1.54, 1.807) is 12.1 Å². The summed E-state index contributed by atoms with van der Waals surface area (Å²) in [5.74, 6) is 0.0810. The second kappa shape index (κ2) is 7.66. The molecule has 1 heterocycles. The summed E-state index contributed by atoms with van der Waals surface area (Å²) in [6.07, 6.45) is 0. The predicted octanol–water partition coefficient (Wildman–Crippen LogP) is 3.17. The van der Waals surface area contributed by atoms with Gasteiger partial charge in [0.2, 0.25) is 0 Å². The number of non-ortho nitro benzene ring substituents is 1. The number of amides is 1. The monoisotopic (exact) mass is 353 g/mol. The number of hydrogen-bond acceptors (Lipinski definition) is 4. The molecule has 0 saturated carbocycles. The average Bonchev–Trinajstić information content (AvgIpc) is 2.62. The van der Waals surface area contributed by atoms with Crippen molar-refractivity contribution >= 4 is 11.6 Å². The quantitative estimate of drug-likeness (QED) is 0.625. The SMILES string of the molecule is Cc1ccc(C(=O)N2CCN(Cc3cccc([N+](=O)[O-])c3)CC2)c(C)c1. The fourth-order valence-corrected chi connectivity index (χ4v) is 3.36. The van der Waals surface area contributed by atoms with Crippen LogP contribution in [-0.4, -0.2) is 46.8 Å². The fourth-order valence-electron chi connectivity index (χ4n) is 3.36. The van der Waals surface area contributed by atoms with Gasteiger partial charge in [0, 0.05) is 50.4 Å². The van der Waals surface area contributed by atoms with Crippen molar-refractivity contribution in [3.63, 3.8) is 0 Å². The lowest BCUT2D eigenvalue weighted by atomic mass is 10.0. The molecule has 1 fully saturated rings. The van der Waals surface area contributed by atoms with Gasteiger partial charge in [0.15, 0.2) is 0 Å². The van der Waals surface area contributed by atoms with E-state index in [1.807, 2.05) is 43.0 Å². The number of carbonyl (C=O) groups is 1. The minimum Gasteiger partial charge on any atom is -0.336 e. The zero-order valence-corrected chi connectivity index (χ0v) is 15.1. The van der Waals surface area contributed by atoms with Gasteiger partial charge in [-0.2, -0.15) is 0 Å². The third-order valence-electron chi connectivity index (χ3n) is 4.80. The first-order chi connectivity index (χ1) is 12.4. The topological polar surface area (TPSA) is 66.7 Å². The van der Waals surface area contributed by atoms with E-state index in [1.165, 1.54) is 6.07 Å². The van der Waals surface area contributed by atoms with Crippen molar-refractivity contribution in [1.82, 2.24) is 9.80 Å². The molecule has 6 heteroatoms. The highest BCUT2D eigenvalue weighted by atomic mass is 16.6. The van der Waals surface area contributed by atoms with Crippen LogP contribution in [0.25, 0.3) is 0 Å². The van der Waals surface area contributed by atoms with E-state index in [9.17, 15) is 14.9 Å². The Kier molecular flexibility index (Phi) is 5.32. The number of hydrogen-bond donors (Lipinski definition) is 0. The maximum Gasteiger partial charge on any atom is 0.269 e. The second-order valence-electron chi connectivity index (χ2n) is 6.81. The molecule has 6 nitrogen and oxygen atoms in total. The van der Waals surface area contributed by atoms with E-state index >= 15 is 0 Å². The van der Waals surface area contributed by atoms with E-state index < -0.39 is 0 Å². The molecular weight excluding hydrogens is 330 g/mol. The van der Waals surface area contributed by atoms with E-state index in [2.05, 4.69) is 4.90 Å². The Labute approximate surface area is 153 Å². The number of carbonyl (C=O) groups excluding carboxylic acids is 1. The summed E-state index contributed by atoms with van der Waals surface area (Å²) in [5, 5.41) is 10.9. The van der Waals surface area contributed by atoms with Gasteiger partial charge in [-0.15, -0.1) is 0 Å².